The summed E-state index contributed by atoms with van der Waals surface area (Å²) in [6.45, 7) is 10.2. The summed E-state index contributed by atoms with van der Waals surface area (Å²) < 4.78 is 0. The molecule has 54 valence electrons. The third kappa shape index (κ3) is 2.93. The lowest BCUT2D eigenvalue weighted by Crippen LogP contribution is -2.14. The molecule has 1 atom stereocenters. The second-order valence-corrected chi connectivity index (χ2v) is 2.96. The van der Waals surface area contributed by atoms with Crippen LogP contribution < -0.4 is 0 Å². The van der Waals surface area contributed by atoms with E-state index in [4.69, 9.17) is 0 Å². The summed E-state index contributed by atoms with van der Waals surface area (Å²) in [5.74, 6) is 0.931. The molecule has 0 aromatic rings. The molecule has 9 heavy (non-hydrogen) atoms. The van der Waals surface area contributed by atoms with Gasteiger partial charge < -0.3 is 0 Å². The molecule has 0 aromatic heterocycles. The van der Waals surface area contributed by atoms with E-state index in [-0.39, 0.29) is 0 Å². The Morgan fingerprint density at radius 1 is 1.11 bits per heavy atom. The lowest BCUT2D eigenvalue weighted by molar-refractivity contribution is 0.844. The molecule has 0 saturated heterocycles. The van der Waals surface area contributed by atoms with E-state index in [0.29, 0.717) is 0 Å². The third-order valence-corrected chi connectivity index (χ3v) is 2.50. The summed E-state index contributed by atoms with van der Waals surface area (Å²) in [7, 11) is 0. The van der Waals surface area contributed by atoms with E-state index in [1.165, 1.54) is 19.1 Å². The molecule has 0 aliphatic rings. The van der Waals surface area contributed by atoms with Crippen molar-refractivity contribution in [1.29, 1.82) is 0 Å². The van der Waals surface area contributed by atoms with Gasteiger partial charge in [-0.3, -0.25) is 0 Å². The summed E-state index contributed by atoms with van der Waals surface area (Å²) in [6, 6.07) is 0. The average Bonchev–Trinajstić information content (AvgIpc) is 1.90. The molecule has 0 nitrogen and oxygen atoms in total. The maximum Gasteiger partial charge on any atom is 0.142 e. The first-order chi connectivity index (χ1) is 4.26. The van der Waals surface area contributed by atoms with Gasteiger partial charge in [-0.2, -0.15) is 0 Å². The number of rotatable bonds is 4. The smallest absolute Gasteiger partial charge is 0.0768 e. The van der Waals surface area contributed by atoms with Crippen molar-refractivity contribution in [2.75, 3.05) is 0 Å². The molecule has 0 aliphatic carbocycles. The SMILES string of the molecule is CCB(CC)C(C)CC. The molecule has 0 saturated carbocycles. The van der Waals surface area contributed by atoms with Crippen molar-refractivity contribution in [3.05, 3.63) is 0 Å². The maximum absolute atomic E-state index is 2.36. The lowest BCUT2D eigenvalue weighted by Gasteiger charge is -2.14. The molecule has 0 fully saturated rings. The summed E-state index contributed by atoms with van der Waals surface area (Å²) in [5.41, 5.74) is 0. The first-order valence-corrected chi connectivity index (χ1v) is 4.26. The highest BCUT2D eigenvalue weighted by Crippen LogP contribution is 2.19. The van der Waals surface area contributed by atoms with E-state index >= 15 is 0 Å². The topological polar surface area (TPSA) is 0 Å². The van der Waals surface area contributed by atoms with Gasteiger partial charge in [-0.25, -0.2) is 0 Å². The fourth-order valence-electron chi connectivity index (χ4n) is 1.43. The van der Waals surface area contributed by atoms with Gasteiger partial charge in [0.1, 0.15) is 6.71 Å². The molecule has 1 heteroatoms. The molecule has 0 aliphatic heterocycles. The zero-order valence-corrected chi connectivity index (χ0v) is 7.28. The zero-order valence-electron chi connectivity index (χ0n) is 7.28. The molecule has 0 spiro atoms. The highest BCUT2D eigenvalue weighted by Gasteiger charge is 2.14. The van der Waals surface area contributed by atoms with E-state index in [2.05, 4.69) is 27.7 Å². The molecule has 0 heterocycles. The standard InChI is InChI=1S/C8H19B/c1-5-8(4)9(6-2)7-3/h8H,5-7H2,1-4H3. The van der Waals surface area contributed by atoms with Crippen molar-refractivity contribution in [2.45, 2.75) is 52.6 Å². The van der Waals surface area contributed by atoms with Crippen LogP contribution in [0.15, 0.2) is 0 Å². The van der Waals surface area contributed by atoms with Crippen LogP contribution in [0.5, 0.6) is 0 Å². The van der Waals surface area contributed by atoms with Crippen molar-refractivity contribution in [3.63, 3.8) is 0 Å². The average molecular weight is 126 g/mol. The lowest BCUT2D eigenvalue weighted by atomic mass is 9.38. The van der Waals surface area contributed by atoms with Gasteiger partial charge in [-0.15, -0.1) is 0 Å². The van der Waals surface area contributed by atoms with E-state index in [1.807, 2.05) is 0 Å². The van der Waals surface area contributed by atoms with Crippen molar-refractivity contribution in [2.24, 2.45) is 0 Å². The van der Waals surface area contributed by atoms with Crippen molar-refractivity contribution in [1.82, 2.24) is 0 Å². The van der Waals surface area contributed by atoms with Crippen LogP contribution >= 0.6 is 0 Å². The molecule has 0 amide bonds. The van der Waals surface area contributed by atoms with Crippen LogP contribution in [-0.4, -0.2) is 6.71 Å². The van der Waals surface area contributed by atoms with E-state index in [0.717, 1.165) is 12.5 Å². The fraction of sp³-hybridized carbons (Fsp3) is 1.00. The van der Waals surface area contributed by atoms with Crippen LogP contribution in [0.1, 0.15) is 34.1 Å². The monoisotopic (exact) mass is 126 g/mol. The molecule has 0 bridgehead atoms. The molecule has 0 rings (SSSR count). The highest BCUT2D eigenvalue weighted by atomic mass is 13.9. The number of hydrogen-bond donors (Lipinski definition) is 0. The maximum atomic E-state index is 2.36. The molecule has 0 radical (unpaired) electrons. The Morgan fingerprint density at radius 2 is 1.56 bits per heavy atom. The van der Waals surface area contributed by atoms with Crippen LogP contribution in [0, 0.1) is 0 Å². The number of hydrogen-bond acceptors (Lipinski definition) is 0. The Hall–Kier alpha value is 0.0649. The molecular formula is C8H19B. The summed E-state index contributed by atoms with van der Waals surface area (Å²) in [5, 5.41) is 0. The first-order valence-electron chi connectivity index (χ1n) is 4.26. The van der Waals surface area contributed by atoms with Crippen LogP contribution in [0.3, 0.4) is 0 Å². The Balaban J connectivity index is 3.50. The van der Waals surface area contributed by atoms with Crippen LogP contribution in [-0.2, 0) is 0 Å². The van der Waals surface area contributed by atoms with E-state index in [9.17, 15) is 0 Å². The Labute approximate surface area is 60.1 Å². The van der Waals surface area contributed by atoms with Crippen molar-refractivity contribution >= 4 is 6.71 Å². The fourth-order valence-corrected chi connectivity index (χ4v) is 1.43. The quantitative estimate of drug-likeness (QED) is 0.507. The van der Waals surface area contributed by atoms with Crippen LogP contribution in [0.25, 0.3) is 0 Å². The van der Waals surface area contributed by atoms with Gasteiger partial charge in [0, 0.05) is 0 Å². The normalized spacial score (nSPS) is 13.3. The minimum absolute atomic E-state index is 0.931. The summed E-state index contributed by atoms with van der Waals surface area (Å²) in [4.78, 5) is 0. The van der Waals surface area contributed by atoms with Gasteiger partial charge >= 0.3 is 0 Å². The summed E-state index contributed by atoms with van der Waals surface area (Å²) >= 11 is 0. The van der Waals surface area contributed by atoms with Gasteiger partial charge in [-0.05, 0) is 0 Å². The molecule has 0 aromatic carbocycles. The third-order valence-electron chi connectivity index (χ3n) is 2.50. The van der Waals surface area contributed by atoms with Gasteiger partial charge in [0.15, 0.2) is 0 Å². The Morgan fingerprint density at radius 3 is 1.67 bits per heavy atom. The second-order valence-electron chi connectivity index (χ2n) is 2.96. The predicted molar refractivity (Wildman–Crippen MR) is 46.4 cm³/mol. The second kappa shape index (κ2) is 4.90. The van der Waals surface area contributed by atoms with Crippen LogP contribution in [0.2, 0.25) is 18.5 Å². The van der Waals surface area contributed by atoms with Crippen molar-refractivity contribution < 1.29 is 0 Å². The molecular weight excluding hydrogens is 107 g/mol. The van der Waals surface area contributed by atoms with Gasteiger partial charge in [0.25, 0.3) is 0 Å². The van der Waals surface area contributed by atoms with E-state index in [1.54, 1.807) is 0 Å². The first kappa shape index (κ1) is 9.06. The van der Waals surface area contributed by atoms with Gasteiger partial charge in [0.2, 0.25) is 0 Å². The van der Waals surface area contributed by atoms with Crippen molar-refractivity contribution in [3.8, 4) is 0 Å². The summed E-state index contributed by atoms with van der Waals surface area (Å²) in [6.07, 6.45) is 4.04. The molecule has 0 N–H and O–H groups in total. The minimum Gasteiger partial charge on any atom is -0.0768 e. The predicted octanol–water partition coefficient (Wildman–Crippen LogP) is 3.32. The highest BCUT2D eigenvalue weighted by molar-refractivity contribution is 6.60. The minimum atomic E-state index is 0.931. The van der Waals surface area contributed by atoms with Crippen LogP contribution in [0.4, 0.5) is 0 Å². The zero-order chi connectivity index (χ0) is 7.28. The largest absolute Gasteiger partial charge is 0.142 e. The Bertz CT molecular complexity index is 57.6. The molecule has 1 unspecified atom stereocenters. The van der Waals surface area contributed by atoms with Gasteiger partial charge in [-0.1, -0.05) is 52.6 Å². The Kier molecular flexibility index (Phi) is 4.93. The van der Waals surface area contributed by atoms with Gasteiger partial charge in [0.05, 0.1) is 0 Å². The van der Waals surface area contributed by atoms with E-state index < -0.39 is 0 Å².